The first-order valence-corrected chi connectivity index (χ1v) is 4.94. The molecule has 1 fully saturated rings. The van der Waals surface area contributed by atoms with Crippen molar-refractivity contribution < 1.29 is 19.8 Å². The Hall–Kier alpha value is -1.30. The summed E-state index contributed by atoms with van der Waals surface area (Å²) in [5.74, 6) is -1.33. The highest BCUT2D eigenvalue weighted by molar-refractivity contribution is 5.76. The monoisotopic (exact) mass is 216 g/mol. The van der Waals surface area contributed by atoms with E-state index in [2.05, 4.69) is 5.32 Å². The first-order chi connectivity index (χ1) is 7.02. The predicted octanol–water partition coefficient (Wildman–Crippen LogP) is -0.374. The largest absolute Gasteiger partial charge is 0.479 e. The van der Waals surface area contributed by atoms with Crippen LogP contribution in [-0.4, -0.2) is 52.9 Å². The summed E-state index contributed by atoms with van der Waals surface area (Å²) in [7, 11) is 1.67. The van der Waals surface area contributed by atoms with Crippen LogP contribution in [0.1, 0.15) is 19.3 Å². The zero-order valence-electron chi connectivity index (χ0n) is 8.64. The molecule has 1 unspecified atom stereocenters. The number of carbonyl (C=O) groups is 2. The molecule has 6 heteroatoms. The minimum Gasteiger partial charge on any atom is -0.479 e. The number of amides is 2. The maximum absolute atomic E-state index is 11.4. The molecule has 0 radical (unpaired) electrons. The van der Waals surface area contributed by atoms with E-state index in [1.54, 1.807) is 11.9 Å². The Bertz CT molecular complexity index is 252. The molecular weight excluding hydrogens is 200 g/mol. The van der Waals surface area contributed by atoms with Gasteiger partial charge in [0.2, 0.25) is 0 Å². The van der Waals surface area contributed by atoms with Crippen molar-refractivity contribution in [1.82, 2.24) is 10.2 Å². The summed E-state index contributed by atoms with van der Waals surface area (Å²) in [6.45, 7) is -0.259. The van der Waals surface area contributed by atoms with Gasteiger partial charge in [0, 0.05) is 13.1 Å². The highest BCUT2D eigenvalue weighted by Crippen LogP contribution is 2.23. The van der Waals surface area contributed by atoms with Crippen molar-refractivity contribution in [2.75, 3.05) is 13.6 Å². The number of hydrogen-bond acceptors (Lipinski definition) is 3. The van der Waals surface area contributed by atoms with Crippen LogP contribution in [0.4, 0.5) is 4.79 Å². The number of aliphatic hydroxyl groups is 1. The van der Waals surface area contributed by atoms with Crippen molar-refractivity contribution in [1.29, 1.82) is 0 Å². The van der Waals surface area contributed by atoms with E-state index in [9.17, 15) is 9.59 Å². The molecule has 3 N–H and O–H groups in total. The average molecular weight is 216 g/mol. The molecule has 0 aromatic carbocycles. The molecule has 0 spiro atoms. The van der Waals surface area contributed by atoms with Crippen molar-refractivity contribution >= 4 is 12.0 Å². The minimum absolute atomic E-state index is 0.256. The van der Waals surface area contributed by atoms with Crippen molar-refractivity contribution in [3.05, 3.63) is 0 Å². The van der Waals surface area contributed by atoms with Gasteiger partial charge in [-0.15, -0.1) is 0 Å². The Morgan fingerprint density at radius 3 is 2.53 bits per heavy atom. The Morgan fingerprint density at radius 2 is 2.13 bits per heavy atom. The van der Waals surface area contributed by atoms with Crippen molar-refractivity contribution in [3.63, 3.8) is 0 Å². The van der Waals surface area contributed by atoms with Gasteiger partial charge >= 0.3 is 12.0 Å². The molecule has 0 aliphatic heterocycles. The number of hydrogen-bond donors (Lipinski definition) is 3. The second-order valence-electron chi connectivity index (χ2n) is 3.74. The average Bonchev–Trinajstić information content (AvgIpc) is 2.10. The Morgan fingerprint density at radius 1 is 1.53 bits per heavy atom. The lowest BCUT2D eigenvalue weighted by Gasteiger charge is -2.34. The van der Waals surface area contributed by atoms with Gasteiger partial charge in [-0.2, -0.15) is 0 Å². The molecular formula is C9H16N2O4. The standard InChI is InChI=1S/C9H16N2O4/c1-11(6-3-2-4-6)9(15)10-5-7(12)8(13)14/h6-7,12H,2-5H2,1H3,(H,10,15)(H,13,14). The first-order valence-electron chi connectivity index (χ1n) is 4.94. The maximum Gasteiger partial charge on any atom is 0.334 e. The van der Waals surface area contributed by atoms with Crippen molar-refractivity contribution in [3.8, 4) is 0 Å². The minimum atomic E-state index is -1.54. The van der Waals surface area contributed by atoms with E-state index in [0.29, 0.717) is 0 Å². The summed E-state index contributed by atoms with van der Waals surface area (Å²) in [6, 6.07) is -0.0769. The SMILES string of the molecule is CN(C(=O)NCC(O)C(=O)O)C1CCC1. The highest BCUT2D eigenvalue weighted by Gasteiger charge is 2.26. The summed E-state index contributed by atoms with van der Waals surface area (Å²) in [4.78, 5) is 23.2. The van der Waals surface area contributed by atoms with Gasteiger partial charge < -0.3 is 20.4 Å². The van der Waals surface area contributed by atoms with Crippen molar-refractivity contribution in [2.24, 2.45) is 0 Å². The molecule has 6 nitrogen and oxygen atoms in total. The Kier molecular flexibility index (Phi) is 3.90. The van der Waals surface area contributed by atoms with E-state index in [4.69, 9.17) is 10.2 Å². The fourth-order valence-corrected chi connectivity index (χ4v) is 1.34. The van der Waals surface area contributed by atoms with Gasteiger partial charge in [-0.05, 0) is 19.3 Å². The fourth-order valence-electron chi connectivity index (χ4n) is 1.34. The predicted molar refractivity (Wildman–Crippen MR) is 52.4 cm³/mol. The summed E-state index contributed by atoms with van der Waals surface area (Å²) in [5.41, 5.74) is 0. The van der Waals surface area contributed by atoms with Gasteiger partial charge in [0.05, 0.1) is 6.54 Å². The van der Waals surface area contributed by atoms with Gasteiger partial charge in [-0.1, -0.05) is 0 Å². The summed E-state index contributed by atoms with van der Waals surface area (Å²) in [6.07, 6.45) is 1.57. The maximum atomic E-state index is 11.4. The molecule has 2 amide bonds. The Labute approximate surface area is 87.9 Å². The zero-order valence-corrected chi connectivity index (χ0v) is 8.64. The van der Waals surface area contributed by atoms with Crippen LogP contribution in [0.15, 0.2) is 0 Å². The Balaban J connectivity index is 2.25. The summed E-state index contributed by atoms with van der Waals surface area (Å²) < 4.78 is 0. The lowest BCUT2D eigenvalue weighted by atomic mass is 9.92. The van der Waals surface area contributed by atoms with Gasteiger partial charge in [0.25, 0.3) is 0 Å². The zero-order chi connectivity index (χ0) is 11.4. The van der Waals surface area contributed by atoms with Crippen LogP contribution in [0.3, 0.4) is 0 Å². The second-order valence-corrected chi connectivity index (χ2v) is 3.74. The number of urea groups is 1. The van der Waals surface area contributed by atoms with Gasteiger partial charge in [0.15, 0.2) is 6.10 Å². The number of aliphatic carboxylic acids is 1. The molecule has 1 saturated carbocycles. The van der Waals surface area contributed by atoms with Crippen LogP contribution >= 0.6 is 0 Å². The molecule has 15 heavy (non-hydrogen) atoms. The van der Waals surface area contributed by atoms with E-state index in [1.165, 1.54) is 0 Å². The van der Waals surface area contributed by atoms with Crippen LogP contribution in [0.5, 0.6) is 0 Å². The third-order valence-electron chi connectivity index (χ3n) is 2.67. The highest BCUT2D eigenvalue weighted by atomic mass is 16.4. The van der Waals surface area contributed by atoms with Gasteiger partial charge in [-0.25, -0.2) is 9.59 Å². The van der Waals surface area contributed by atoms with Crippen LogP contribution < -0.4 is 5.32 Å². The molecule has 1 aliphatic rings. The molecule has 1 rings (SSSR count). The number of rotatable bonds is 4. The lowest BCUT2D eigenvalue weighted by Crippen LogP contribution is -2.48. The number of carboxylic acid groups (broad SMARTS) is 1. The first kappa shape index (κ1) is 11.8. The summed E-state index contributed by atoms with van der Waals surface area (Å²) in [5, 5.41) is 19.7. The van der Waals surface area contributed by atoms with E-state index >= 15 is 0 Å². The smallest absolute Gasteiger partial charge is 0.334 e. The topological polar surface area (TPSA) is 89.9 Å². The summed E-state index contributed by atoms with van der Waals surface area (Å²) >= 11 is 0. The molecule has 0 heterocycles. The van der Waals surface area contributed by atoms with Gasteiger partial charge in [0.1, 0.15) is 0 Å². The number of carbonyl (C=O) groups excluding carboxylic acids is 1. The van der Waals surface area contributed by atoms with Crippen LogP contribution in [0, 0.1) is 0 Å². The number of aliphatic hydroxyl groups excluding tert-OH is 1. The van der Waals surface area contributed by atoms with E-state index in [1.807, 2.05) is 0 Å². The second kappa shape index (κ2) is 4.97. The third-order valence-corrected chi connectivity index (χ3v) is 2.67. The third kappa shape index (κ3) is 3.09. The van der Waals surface area contributed by atoms with Crippen LogP contribution in [0.2, 0.25) is 0 Å². The number of carboxylic acids is 1. The van der Waals surface area contributed by atoms with E-state index in [-0.39, 0.29) is 18.6 Å². The van der Waals surface area contributed by atoms with Gasteiger partial charge in [-0.3, -0.25) is 0 Å². The molecule has 0 aromatic heterocycles. The van der Waals surface area contributed by atoms with E-state index < -0.39 is 12.1 Å². The molecule has 0 saturated heterocycles. The van der Waals surface area contributed by atoms with Crippen LogP contribution in [0.25, 0.3) is 0 Å². The number of nitrogens with zero attached hydrogens (tertiary/aromatic N) is 1. The quantitative estimate of drug-likeness (QED) is 0.598. The molecule has 0 bridgehead atoms. The van der Waals surface area contributed by atoms with Crippen LogP contribution in [-0.2, 0) is 4.79 Å². The molecule has 86 valence electrons. The normalized spacial score (nSPS) is 17.7. The molecule has 0 aromatic rings. The lowest BCUT2D eigenvalue weighted by molar-refractivity contribution is -0.146. The molecule has 1 aliphatic carbocycles. The van der Waals surface area contributed by atoms with Crippen molar-refractivity contribution in [2.45, 2.75) is 31.4 Å². The molecule has 1 atom stereocenters. The number of nitrogens with one attached hydrogen (secondary N) is 1. The van der Waals surface area contributed by atoms with E-state index in [0.717, 1.165) is 19.3 Å². The fraction of sp³-hybridized carbons (Fsp3) is 0.778.